The van der Waals surface area contributed by atoms with Crippen LogP contribution in [0, 0.1) is 11.3 Å². The van der Waals surface area contributed by atoms with Gasteiger partial charge in [-0.1, -0.05) is 0 Å². The predicted molar refractivity (Wildman–Crippen MR) is 83.8 cm³/mol. The van der Waals surface area contributed by atoms with Gasteiger partial charge >= 0.3 is 6.18 Å². The number of halogens is 3. The summed E-state index contributed by atoms with van der Waals surface area (Å²) in [6, 6.07) is 14.2. The van der Waals surface area contributed by atoms with Crippen molar-refractivity contribution in [3.8, 4) is 11.8 Å². The van der Waals surface area contributed by atoms with Crippen LogP contribution in [0.2, 0.25) is 0 Å². The molecule has 0 amide bonds. The van der Waals surface area contributed by atoms with E-state index in [1.165, 1.54) is 12.1 Å². The maximum Gasteiger partial charge on any atom is 0.416 e. The van der Waals surface area contributed by atoms with Crippen LogP contribution >= 0.6 is 0 Å². The van der Waals surface area contributed by atoms with E-state index in [0.717, 1.165) is 30.8 Å². The highest BCUT2D eigenvalue weighted by Gasteiger charge is 2.30. The Labute approximate surface area is 137 Å². The molecule has 0 spiro atoms. The molecule has 24 heavy (non-hydrogen) atoms. The van der Waals surface area contributed by atoms with Gasteiger partial charge in [-0.2, -0.15) is 18.4 Å². The number of benzene rings is 2. The third kappa shape index (κ3) is 3.62. The maximum absolute atomic E-state index is 12.5. The Hall–Kier alpha value is -2.68. The van der Waals surface area contributed by atoms with Gasteiger partial charge in [0.2, 0.25) is 0 Å². The molecule has 1 aliphatic rings. The molecule has 0 bridgehead atoms. The summed E-state index contributed by atoms with van der Waals surface area (Å²) >= 11 is 0. The topological polar surface area (TPSA) is 36.3 Å². The van der Waals surface area contributed by atoms with Gasteiger partial charge in [0.25, 0.3) is 0 Å². The minimum Gasteiger partial charge on any atom is -0.489 e. The summed E-state index contributed by atoms with van der Waals surface area (Å²) in [5, 5.41) is 8.82. The van der Waals surface area contributed by atoms with Crippen LogP contribution in [0.3, 0.4) is 0 Å². The standard InChI is InChI=1S/C18H15F3N2O/c19-18(20,21)14-3-7-16(8-4-14)24-17-9-10-23(12-17)15-5-1-13(11-22)2-6-15/h1-8,17H,9-10,12H2. The van der Waals surface area contributed by atoms with E-state index in [1.807, 2.05) is 12.1 Å². The molecule has 0 aliphatic carbocycles. The lowest BCUT2D eigenvalue weighted by Crippen LogP contribution is -2.24. The Balaban J connectivity index is 1.60. The summed E-state index contributed by atoms with van der Waals surface area (Å²) < 4.78 is 43.4. The lowest BCUT2D eigenvalue weighted by atomic mass is 10.2. The number of rotatable bonds is 3. The van der Waals surface area contributed by atoms with Crippen LogP contribution in [0.1, 0.15) is 17.5 Å². The number of hydrogen-bond donors (Lipinski definition) is 0. The van der Waals surface area contributed by atoms with Crippen LogP contribution in [0.5, 0.6) is 5.75 Å². The van der Waals surface area contributed by atoms with Crippen molar-refractivity contribution in [2.45, 2.75) is 18.7 Å². The van der Waals surface area contributed by atoms with E-state index in [4.69, 9.17) is 10.00 Å². The number of nitriles is 1. The van der Waals surface area contributed by atoms with Crippen LogP contribution in [0.4, 0.5) is 18.9 Å². The first-order valence-electron chi connectivity index (χ1n) is 7.55. The molecular formula is C18H15F3N2O. The highest BCUT2D eigenvalue weighted by atomic mass is 19.4. The first-order chi connectivity index (χ1) is 11.5. The smallest absolute Gasteiger partial charge is 0.416 e. The Morgan fingerprint density at radius 2 is 1.71 bits per heavy atom. The number of anilines is 1. The van der Waals surface area contributed by atoms with E-state index in [1.54, 1.807) is 12.1 Å². The molecule has 1 heterocycles. The second-order valence-corrected chi connectivity index (χ2v) is 5.66. The van der Waals surface area contributed by atoms with Crippen molar-refractivity contribution in [3.63, 3.8) is 0 Å². The fourth-order valence-electron chi connectivity index (χ4n) is 2.72. The predicted octanol–water partition coefficient (Wildman–Crippen LogP) is 4.23. The van der Waals surface area contributed by atoms with E-state index in [2.05, 4.69) is 11.0 Å². The van der Waals surface area contributed by atoms with E-state index >= 15 is 0 Å². The molecule has 3 nitrogen and oxygen atoms in total. The van der Waals surface area contributed by atoms with Gasteiger partial charge in [0, 0.05) is 18.7 Å². The Morgan fingerprint density at radius 3 is 2.29 bits per heavy atom. The van der Waals surface area contributed by atoms with Crippen molar-refractivity contribution in [2.75, 3.05) is 18.0 Å². The quantitative estimate of drug-likeness (QED) is 0.844. The van der Waals surface area contributed by atoms with Crippen LogP contribution < -0.4 is 9.64 Å². The zero-order valence-corrected chi connectivity index (χ0v) is 12.8. The minimum absolute atomic E-state index is 0.0719. The largest absolute Gasteiger partial charge is 0.489 e. The summed E-state index contributed by atoms with van der Waals surface area (Å²) in [6.45, 7) is 1.46. The molecule has 0 aromatic heterocycles. The van der Waals surface area contributed by atoms with Crippen LogP contribution in [0.15, 0.2) is 48.5 Å². The molecule has 1 fully saturated rings. The zero-order chi connectivity index (χ0) is 17.2. The fourth-order valence-corrected chi connectivity index (χ4v) is 2.72. The van der Waals surface area contributed by atoms with Crippen molar-refractivity contribution in [1.29, 1.82) is 5.26 Å². The summed E-state index contributed by atoms with van der Waals surface area (Å²) in [4.78, 5) is 2.13. The highest BCUT2D eigenvalue weighted by molar-refractivity contribution is 5.50. The molecular weight excluding hydrogens is 317 g/mol. The van der Waals surface area contributed by atoms with Crippen LogP contribution in [0.25, 0.3) is 0 Å². The number of hydrogen-bond acceptors (Lipinski definition) is 3. The van der Waals surface area contributed by atoms with Crippen molar-refractivity contribution >= 4 is 5.69 Å². The second-order valence-electron chi connectivity index (χ2n) is 5.66. The van der Waals surface area contributed by atoms with E-state index in [0.29, 0.717) is 17.9 Å². The monoisotopic (exact) mass is 332 g/mol. The van der Waals surface area contributed by atoms with E-state index < -0.39 is 11.7 Å². The minimum atomic E-state index is -4.34. The normalized spacial score (nSPS) is 17.6. The number of ether oxygens (including phenoxy) is 1. The zero-order valence-electron chi connectivity index (χ0n) is 12.8. The van der Waals surface area contributed by atoms with Gasteiger partial charge in [-0.25, -0.2) is 0 Å². The number of nitrogens with zero attached hydrogens (tertiary/aromatic N) is 2. The molecule has 124 valence electrons. The maximum atomic E-state index is 12.5. The Bertz CT molecular complexity index is 733. The van der Waals surface area contributed by atoms with Gasteiger partial charge in [0.1, 0.15) is 11.9 Å². The van der Waals surface area contributed by atoms with Crippen molar-refractivity contribution in [3.05, 3.63) is 59.7 Å². The van der Waals surface area contributed by atoms with Crippen LogP contribution in [-0.2, 0) is 6.18 Å². The first-order valence-corrected chi connectivity index (χ1v) is 7.55. The highest BCUT2D eigenvalue weighted by Crippen LogP contribution is 2.31. The summed E-state index contributed by atoms with van der Waals surface area (Å²) in [5.41, 5.74) is 0.934. The SMILES string of the molecule is N#Cc1ccc(N2CCC(Oc3ccc(C(F)(F)F)cc3)C2)cc1. The van der Waals surface area contributed by atoms with Gasteiger partial charge in [-0.3, -0.25) is 0 Å². The molecule has 2 aromatic carbocycles. The molecule has 1 aliphatic heterocycles. The summed E-state index contributed by atoms with van der Waals surface area (Å²) in [5.74, 6) is 0.440. The molecule has 1 atom stereocenters. The van der Waals surface area contributed by atoms with E-state index in [9.17, 15) is 13.2 Å². The first kappa shape index (κ1) is 16.2. The molecule has 0 radical (unpaired) electrons. The van der Waals surface area contributed by atoms with Crippen molar-refractivity contribution in [1.82, 2.24) is 0 Å². The molecule has 0 N–H and O–H groups in total. The van der Waals surface area contributed by atoms with Crippen molar-refractivity contribution in [2.24, 2.45) is 0 Å². The van der Waals surface area contributed by atoms with Gasteiger partial charge in [-0.05, 0) is 48.5 Å². The second kappa shape index (κ2) is 6.44. The third-order valence-corrected chi connectivity index (χ3v) is 3.99. The fraction of sp³-hybridized carbons (Fsp3) is 0.278. The average Bonchev–Trinajstić information content (AvgIpc) is 3.03. The lowest BCUT2D eigenvalue weighted by molar-refractivity contribution is -0.137. The molecule has 1 saturated heterocycles. The van der Waals surface area contributed by atoms with Gasteiger partial charge < -0.3 is 9.64 Å². The third-order valence-electron chi connectivity index (χ3n) is 3.99. The Morgan fingerprint density at radius 1 is 1.04 bits per heavy atom. The van der Waals surface area contributed by atoms with Gasteiger partial charge in [-0.15, -0.1) is 0 Å². The Kier molecular flexibility index (Phi) is 4.34. The molecule has 1 unspecified atom stereocenters. The van der Waals surface area contributed by atoms with Crippen LogP contribution in [-0.4, -0.2) is 19.2 Å². The summed E-state index contributed by atoms with van der Waals surface area (Å²) in [6.07, 6.45) is -3.61. The van der Waals surface area contributed by atoms with Gasteiger partial charge in [0.05, 0.1) is 23.7 Å². The molecule has 6 heteroatoms. The molecule has 3 rings (SSSR count). The number of alkyl halides is 3. The molecule has 2 aromatic rings. The van der Waals surface area contributed by atoms with Gasteiger partial charge in [0.15, 0.2) is 0 Å². The summed E-state index contributed by atoms with van der Waals surface area (Å²) in [7, 11) is 0. The average molecular weight is 332 g/mol. The lowest BCUT2D eigenvalue weighted by Gasteiger charge is -2.19. The van der Waals surface area contributed by atoms with E-state index in [-0.39, 0.29) is 6.10 Å². The molecule has 0 saturated carbocycles. The van der Waals surface area contributed by atoms with Crippen molar-refractivity contribution < 1.29 is 17.9 Å².